The molecule has 2 aromatic carbocycles. The predicted molar refractivity (Wildman–Crippen MR) is 57.0 cm³/mol. The van der Waals surface area contributed by atoms with Gasteiger partial charge in [0, 0.05) is 9.79 Å². The van der Waals surface area contributed by atoms with E-state index in [1.807, 2.05) is 30.3 Å². The molecule has 70 valence electrons. The van der Waals surface area contributed by atoms with Crippen molar-refractivity contribution in [3.63, 3.8) is 0 Å². The highest BCUT2D eigenvalue weighted by molar-refractivity contribution is 7.99. The summed E-state index contributed by atoms with van der Waals surface area (Å²) >= 11 is 1.63. The van der Waals surface area contributed by atoms with Gasteiger partial charge in [0.1, 0.15) is 5.82 Å². The molecule has 0 aromatic heterocycles. The summed E-state index contributed by atoms with van der Waals surface area (Å²) in [6.45, 7) is 0. The van der Waals surface area contributed by atoms with Gasteiger partial charge in [0.25, 0.3) is 0 Å². The molecular weight excluding hydrogens is 194 g/mol. The highest BCUT2D eigenvalue weighted by Crippen LogP contribution is 2.26. The maximum Gasteiger partial charge on any atom is 0.123 e. The molecule has 0 amide bonds. The van der Waals surface area contributed by atoms with E-state index < -0.39 is 0 Å². The van der Waals surface area contributed by atoms with Crippen molar-refractivity contribution in [2.24, 2.45) is 0 Å². The number of benzene rings is 2. The average molecular weight is 203 g/mol. The van der Waals surface area contributed by atoms with Gasteiger partial charge in [-0.25, -0.2) is 4.39 Å². The van der Waals surface area contributed by atoms with Gasteiger partial charge in [-0.3, -0.25) is 0 Å². The third kappa shape index (κ3) is 2.36. The summed E-state index contributed by atoms with van der Waals surface area (Å²) in [7, 11) is 0. The van der Waals surface area contributed by atoms with Gasteiger partial charge in [-0.1, -0.05) is 30.0 Å². The van der Waals surface area contributed by atoms with Crippen molar-refractivity contribution in [1.29, 1.82) is 0 Å². The predicted octanol–water partition coefficient (Wildman–Crippen LogP) is 3.98. The van der Waals surface area contributed by atoms with E-state index >= 15 is 0 Å². The minimum Gasteiger partial charge on any atom is -0.207 e. The molecule has 0 radical (unpaired) electrons. The zero-order valence-electron chi connectivity index (χ0n) is 7.48. The third-order valence-corrected chi connectivity index (χ3v) is 2.81. The van der Waals surface area contributed by atoms with Gasteiger partial charge in [-0.05, 0) is 36.4 Å². The molecule has 0 unspecified atom stereocenters. The van der Waals surface area contributed by atoms with E-state index in [1.165, 1.54) is 17.0 Å². The number of rotatable bonds is 2. The van der Waals surface area contributed by atoms with Gasteiger partial charge >= 0.3 is 0 Å². The second-order valence-electron chi connectivity index (χ2n) is 2.87. The lowest BCUT2D eigenvalue weighted by Gasteiger charge is -2.00. The second kappa shape index (κ2) is 4.29. The lowest BCUT2D eigenvalue weighted by Crippen LogP contribution is -1.74. The highest BCUT2D eigenvalue weighted by Gasteiger charge is 1.96. The fraction of sp³-hybridized carbons (Fsp3) is 0. The van der Waals surface area contributed by atoms with E-state index in [0.29, 0.717) is 0 Å². The highest BCUT2D eigenvalue weighted by atomic mass is 32.2. The van der Waals surface area contributed by atoms with Crippen molar-refractivity contribution in [3.8, 4) is 0 Å². The molecule has 0 aliphatic rings. The second-order valence-corrected chi connectivity index (χ2v) is 4.02. The first-order valence-electron chi connectivity index (χ1n) is 4.33. The van der Waals surface area contributed by atoms with E-state index in [-0.39, 0.29) is 5.82 Å². The molecule has 0 saturated heterocycles. The lowest BCUT2D eigenvalue weighted by atomic mass is 10.3. The molecule has 0 heterocycles. The van der Waals surface area contributed by atoms with Crippen molar-refractivity contribution in [2.75, 3.05) is 0 Å². The van der Waals surface area contributed by atoms with Gasteiger partial charge in [0.05, 0.1) is 0 Å². The van der Waals surface area contributed by atoms with Gasteiger partial charge in [0.15, 0.2) is 0 Å². The van der Waals surface area contributed by atoms with Gasteiger partial charge in [-0.15, -0.1) is 0 Å². The van der Waals surface area contributed by atoms with Crippen molar-refractivity contribution in [2.45, 2.75) is 9.79 Å². The van der Waals surface area contributed by atoms with Crippen LogP contribution < -0.4 is 0 Å². The summed E-state index contributed by atoms with van der Waals surface area (Å²) < 4.78 is 12.6. The Balaban J connectivity index is 2.16. The van der Waals surface area contributed by atoms with Gasteiger partial charge in [-0.2, -0.15) is 0 Å². The largest absolute Gasteiger partial charge is 0.207 e. The van der Waals surface area contributed by atoms with Crippen molar-refractivity contribution in [3.05, 3.63) is 60.4 Å². The van der Waals surface area contributed by atoms with Gasteiger partial charge in [0.2, 0.25) is 0 Å². The van der Waals surface area contributed by atoms with Crippen LogP contribution >= 0.6 is 11.8 Å². The van der Waals surface area contributed by atoms with Crippen LogP contribution in [0.4, 0.5) is 4.39 Å². The first kappa shape index (κ1) is 9.28. The van der Waals surface area contributed by atoms with Crippen LogP contribution in [0.2, 0.25) is 0 Å². The molecule has 0 nitrogen and oxygen atoms in total. The first-order valence-corrected chi connectivity index (χ1v) is 5.15. The fourth-order valence-electron chi connectivity index (χ4n) is 1.13. The molecule has 0 N–H and O–H groups in total. The molecule has 0 spiro atoms. The minimum absolute atomic E-state index is 0.192. The Morgan fingerprint density at radius 1 is 0.714 bits per heavy atom. The molecule has 0 aliphatic carbocycles. The zero-order valence-corrected chi connectivity index (χ0v) is 8.30. The van der Waals surface area contributed by atoms with Crippen LogP contribution in [0.5, 0.6) is 0 Å². The summed E-state index contributed by atoms with van der Waals surface area (Å²) in [5.74, 6) is -0.192. The van der Waals surface area contributed by atoms with Crippen LogP contribution in [0, 0.1) is 5.82 Å². The molecule has 0 bridgehead atoms. The van der Waals surface area contributed by atoms with Crippen LogP contribution in [0.15, 0.2) is 64.4 Å². The first-order chi connectivity index (χ1) is 6.84. The van der Waals surface area contributed by atoms with Gasteiger partial charge < -0.3 is 0 Å². The van der Waals surface area contributed by atoms with E-state index in [0.717, 1.165) is 4.90 Å². The zero-order chi connectivity index (χ0) is 9.80. The molecule has 0 aliphatic heterocycles. The molecule has 14 heavy (non-hydrogen) atoms. The topological polar surface area (TPSA) is 0 Å². The Labute approximate surface area is 86.8 Å². The Hall–Kier alpha value is -1.28. The molecule has 0 atom stereocenters. The molecule has 0 saturated carbocycles. The van der Waals surface area contributed by atoms with Crippen LogP contribution in [0.3, 0.4) is 0 Å². The third-order valence-electron chi connectivity index (χ3n) is 1.79. The van der Waals surface area contributed by atoms with Crippen LogP contribution in [-0.4, -0.2) is 0 Å². The Kier molecular flexibility index (Phi) is 2.84. The standard InChI is InChI=1S/C12H9FS/c13-10-6-8-12(9-7-10)14-11-4-2-1-3-5-11/h1-9H/i13-1. The van der Waals surface area contributed by atoms with E-state index in [1.54, 1.807) is 23.9 Å². The Bertz CT molecular complexity index is 394. The number of hydrogen-bond donors (Lipinski definition) is 0. The van der Waals surface area contributed by atoms with Crippen LogP contribution in [0.25, 0.3) is 0 Å². The summed E-state index contributed by atoms with van der Waals surface area (Å²) in [5.41, 5.74) is 0. The number of hydrogen-bond acceptors (Lipinski definition) is 1. The molecule has 2 heteroatoms. The Morgan fingerprint density at radius 3 is 1.93 bits per heavy atom. The molecule has 0 fully saturated rings. The monoisotopic (exact) mass is 203 g/mol. The van der Waals surface area contributed by atoms with Crippen molar-refractivity contribution < 1.29 is 4.39 Å². The van der Waals surface area contributed by atoms with Crippen molar-refractivity contribution in [1.82, 2.24) is 0 Å². The van der Waals surface area contributed by atoms with E-state index in [4.69, 9.17) is 0 Å². The Morgan fingerprint density at radius 2 is 1.29 bits per heavy atom. The van der Waals surface area contributed by atoms with E-state index in [9.17, 15) is 4.39 Å². The maximum atomic E-state index is 12.6. The van der Waals surface area contributed by atoms with Crippen molar-refractivity contribution >= 4 is 11.8 Å². The summed E-state index contributed by atoms with van der Waals surface area (Å²) in [4.78, 5) is 2.22. The SMILES string of the molecule is [18F]c1ccc(Sc2ccccc2)cc1. The average Bonchev–Trinajstić information content (AvgIpc) is 2.23. The molecule has 2 aromatic rings. The smallest absolute Gasteiger partial charge is 0.123 e. The quantitative estimate of drug-likeness (QED) is 0.711. The van der Waals surface area contributed by atoms with Crippen LogP contribution in [0.1, 0.15) is 0 Å². The molecule has 2 rings (SSSR count). The summed E-state index contributed by atoms with van der Waals surface area (Å²) in [6.07, 6.45) is 0. The number of halogens is 1. The minimum atomic E-state index is -0.192. The normalized spacial score (nSPS) is 10.1. The van der Waals surface area contributed by atoms with Crippen LogP contribution in [-0.2, 0) is 0 Å². The lowest BCUT2D eigenvalue weighted by molar-refractivity contribution is 0.626. The maximum absolute atomic E-state index is 12.6. The summed E-state index contributed by atoms with van der Waals surface area (Å²) in [6, 6.07) is 16.6. The van der Waals surface area contributed by atoms with E-state index in [2.05, 4.69) is 0 Å². The molecular formula is C12H9FS. The summed E-state index contributed by atoms with van der Waals surface area (Å²) in [5, 5.41) is 0. The fourth-order valence-corrected chi connectivity index (χ4v) is 1.96.